The van der Waals surface area contributed by atoms with Gasteiger partial charge in [0.25, 0.3) is 0 Å². The number of anilines is 4. The molecule has 36 heavy (non-hydrogen) atoms. The summed E-state index contributed by atoms with van der Waals surface area (Å²) in [5, 5.41) is 16.8. The molecule has 1 saturated heterocycles. The summed E-state index contributed by atoms with van der Waals surface area (Å²) in [6.07, 6.45) is 1.40. The van der Waals surface area contributed by atoms with Crippen LogP contribution in [0.3, 0.4) is 0 Å². The number of hydrogen-bond donors (Lipinski definition) is 3. The van der Waals surface area contributed by atoms with Crippen LogP contribution in [0.25, 0.3) is 0 Å². The molecule has 0 bridgehead atoms. The lowest BCUT2D eigenvalue weighted by atomic mass is 10.2. The van der Waals surface area contributed by atoms with Crippen LogP contribution in [0.4, 0.5) is 22.7 Å². The minimum absolute atomic E-state index is 0.260. The molecule has 11 nitrogen and oxygen atoms in total. The molecule has 0 amide bonds. The second-order valence-electron chi connectivity index (χ2n) is 8.37. The largest absolute Gasteiger partial charge is 0.462 e. The van der Waals surface area contributed by atoms with Gasteiger partial charge in [0.05, 0.1) is 23.3 Å². The third-order valence-electron chi connectivity index (χ3n) is 5.50. The van der Waals surface area contributed by atoms with E-state index < -0.39 is 21.9 Å². The first-order valence-corrected chi connectivity index (χ1v) is 14.1. The van der Waals surface area contributed by atoms with Crippen LogP contribution in [0.2, 0.25) is 0 Å². The van der Waals surface area contributed by atoms with Crippen molar-refractivity contribution in [2.24, 2.45) is 0 Å². The zero-order valence-electron chi connectivity index (χ0n) is 20.2. The molecule has 3 aromatic rings. The van der Waals surface area contributed by atoms with E-state index in [1.807, 2.05) is 4.90 Å². The Balaban J connectivity index is 1.56. The predicted octanol–water partition coefficient (Wildman–Crippen LogP) is 2.75. The van der Waals surface area contributed by atoms with Crippen molar-refractivity contribution < 1.29 is 23.1 Å². The minimum atomic E-state index is -3.26. The van der Waals surface area contributed by atoms with Gasteiger partial charge in [0.15, 0.2) is 15.0 Å². The number of thiazole rings is 1. The molecule has 1 fully saturated rings. The summed E-state index contributed by atoms with van der Waals surface area (Å²) < 4.78 is 28.5. The predicted molar refractivity (Wildman–Crippen MR) is 138 cm³/mol. The third-order valence-corrected chi connectivity index (χ3v) is 7.68. The normalized spacial score (nSPS) is 15.7. The number of ether oxygens (including phenoxy) is 1. The van der Waals surface area contributed by atoms with E-state index in [4.69, 9.17) is 4.74 Å². The van der Waals surface area contributed by atoms with Crippen LogP contribution < -0.4 is 15.5 Å². The van der Waals surface area contributed by atoms with Crippen LogP contribution in [0, 0.1) is 6.92 Å². The molecular weight excluding hydrogens is 504 g/mol. The Labute approximate surface area is 213 Å². The van der Waals surface area contributed by atoms with E-state index in [1.54, 1.807) is 44.2 Å². The number of nitrogens with zero attached hydrogens (tertiary/aromatic N) is 4. The van der Waals surface area contributed by atoms with Gasteiger partial charge in [-0.15, -0.1) is 0 Å². The summed E-state index contributed by atoms with van der Waals surface area (Å²) in [5.41, 5.74) is 1.43. The number of sulfone groups is 1. The summed E-state index contributed by atoms with van der Waals surface area (Å²) in [7, 11) is -3.26. The smallest absolute Gasteiger partial charge is 0.350 e. The summed E-state index contributed by atoms with van der Waals surface area (Å²) in [4.78, 5) is 28.3. The monoisotopic (exact) mass is 532 g/mol. The third kappa shape index (κ3) is 6.28. The van der Waals surface area contributed by atoms with E-state index in [0.29, 0.717) is 53.4 Å². The molecule has 1 atom stereocenters. The highest BCUT2D eigenvalue weighted by Gasteiger charge is 2.23. The Hall–Kier alpha value is -3.29. The van der Waals surface area contributed by atoms with Crippen LogP contribution in [0.1, 0.15) is 34.3 Å². The first kappa shape index (κ1) is 25.8. The molecule has 0 spiro atoms. The lowest BCUT2D eigenvalue weighted by Gasteiger charge is -2.18. The molecule has 1 aliphatic rings. The second kappa shape index (κ2) is 10.8. The molecule has 192 valence electrons. The van der Waals surface area contributed by atoms with Gasteiger partial charge in [-0.3, -0.25) is 5.32 Å². The van der Waals surface area contributed by atoms with Crippen molar-refractivity contribution in [2.75, 3.05) is 41.5 Å². The van der Waals surface area contributed by atoms with Gasteiger partial charge < -0.3 is 20.1 Å². The fourth-order valence-corrected chi connectivity index (χ4v) is 5.16. The van der Waals surface area contributed by atoms with Crippen LogP contribution in [-0.4, -0.2) is 66.5 Å². The zero-order chi connectivity index (χ0) is 25.9. The fourth-order valence-electron chi connectivity index (χ4n) is 3.67. The summed E-state index contributed by atoms with van der Waals surface area (Å²) in [5.74, 6) is 1.03. The molecule has 1 aliphatic heterocycles. The van der Waals surface area contributed by atoms with Crippen molar-refractivity contribution in [1.82, 2.24) is 15.0 Å². The molecule has 0 saturated carbocycles. The quantitative estimate of drug-likeness (QED) is 0.350. The number of carbonyl (C=O) groups excluding carboxylic acids is 1. The second-order valence-corrected chi connectivity index (χ2v) is 11.4. The Morgan fingerprint density at radius 3 is 2.64 bits per heavy atom. The molecule has 0 aliphatic carbocycles. The minimum Gasteiger partial charge on any atom is -0.462 e. The van der Waals surface area contributed by atoms with Gasteiger partial charge in [-0.1, -0.05) is 23.5 Å². The Bertz CT molecular complexity index is 1340. The number of aryl methyl sites for hydroxylation is 1. The summed E-state index contributed by atoms with van der Waals surface area (Å²) >= 11 is 1.16. The molecule has 0 radical (unpaired) electrons. The van der Waals surface area contributed by atoms with Gasteiger partial charge in [0.1, 0.15) is 16.5 Å². The summed E-state index contributed by atoms with van der Waals surface area (Å²) in [6, 6.07) is 8.43. The lowest BCUT2D eigenvalue weighted by Crippen LogP contribution is -2.23. The van der Waals surface area contributed by atoms with Crippen LogP contribution >= 0.6 is 11.3 Å². The SMILES string of the molecule is CCOC(=O)c1sc(Nc2nc(NCc3ccc(S(C)(=O)=O)cc3)cc(N3CCC(O)C3)n2)nc1C. The number of aromatic nitrogens is 3. The van der Waals surface area contributed by atoms with Crippen molar-refractivity contribution in [3.8, 4) is 0 Å². The maximum atomic E-state index is 12.2. The Morgan fingerprint density at radius 2 is 2.00 bits per heavy atom. The van der Waals surface area contributed by atoms with Crippen LogP contribution in [-0.2, 0) is 21.1 Å². The van der Waals surface area contributed by atoms with E-state index in [0.717, 1.165) is 16.9 Å². The lowest BCUT2D eigenvalue weighted by molar-refractivity contribution is 0.0531. The van der Waals surface area contributed by atoms with Gasteiger partial charge in [0.2, 0.25) is 5.95 Å². The number of rotatable bonds is 9. The number of β-amino-alcohol motifs (C(OH)–C–C–N with tert-alkyl or cyclic N) is 1. The first-order chi connectivity index (χ1) is 17.1. The van der Waals surface area contributed by atoms with Crippen molar-refractivity contribution in [1.29, 1.82) is 0 Å². The highest BCUT2D eigenvalue weighted by molar-refractivity contribution is 7.90. The number of esters is 1. The highest BCUT2D eigenvalue weighted by atomic mass is 32.2. The number of aliphatic hydroxyl groups is 1. The molecule has 13 heteroatoms. The number of benzene rings is 1. The Morgan fingerprint density at radius 1 is 1.25 bits per heavy atom. The molecule has 1 aromatic carbocycles. The van der Waals surface area contributed by atoms with Crippen molar-refractivity contribution >= 4 is 49.9 Å². The Kier molecular flexibility index (Phi) is 7.71. The number of hydrogen-bond acceptors (Lipinski definition) is 12. The molecule has 2 aromatic heterocycles. The maximum absolute atomic E-state index is 12.2. The summed E-state index contributed by atoms with van der Waals surface area (Å²) in [6.45, 7) is 5.29. The standard InChI is InChI=1S/C23H28N6O5S2/c1-4-34-21(31)20-14(2)25-23(35-20)28-22-26-18(11-19(27-22)29-10-9-16(30)13-29)24-12-15-5-7-17(8-6-15)36(3,32)33/h5-8,11,16,30H,4,9-10,12-13H2,1-3H3,(H2,24,25,26,27,28). The fraction of sp³-hybridized carbons (Fsp3) is 0.391. The first-order valence-electron chi connectivity index (χ1n) is 11.4. The van der Waals surface area contributed by atoms with Gasteiger partial charge >= 0.3 is 5.97 Å². The average molecular weight is 533 g/mol. The number of aliphatic hydroxyl groups excluding tert-OH is 1. The van der Waals surface area contributed by atoms with E-state index in [2.05, 4.69) is 25.6 Å². The number of nitrogens with one attached hydrogen (secondary N) is 2. The van der Waals surface area contributed by atoms with Gasteiger partial charge in [-0.25, -0.2) is 18.2 Å². The van der Waals surface area contributed by atoms with E-state index in [9.17, 15) is 18.3 Å². The molecule has 4 rings (SSSR count). The van der Waals surface area contributed by atoms with Gasteiger partial charge in [0, 0.05) is 32.0 Å². The van der Waals surface area contributed by atoms with E-state index in [1.165, 1.54) is 6.26 Å². The van der Waals surface area contributed by atoms with Crippen LogP contribution in [0.5, 0.6) is 0 Å². The molecule has 3 heterocycles. The zero-order valence-corrected chi connectivity index (χ0v) is 21.8. The topological polar surface area (TPSA) is 147 Å². The molecule has 3 N–H and O–H groups in total. The number of carbonyl (C=O) groups is 1. The van der Waals surface area contributed by atoms with E-state index in [-0.39, 0.29) is 17.5 Å². The molecular formula is C23H28N6O5S2. The van der Waals surface area contributed by atoms with Crippen LogP contribution in [0.15, 0.2) is 35.2 Å². The van der Waals surface area contributed by atoms with Crippen molar-refractivity contribution in [3.05, 3.63) is 46.5 Å². The maximum Gasteiger partial charge on any atom is 0.350 e. The highest BCUT2D eigenvalue weighted by Crippen LogP contribution is 2.28. The van der Waals surface area contributed by atoms with Crippen molar-refractivity contribution in [3.63, 3.8) is 0 Å². The average Bonchev–Trinajstić information content (AvgIpc) is 3.42. The van der Waals surface area contributed by atoms with E-state index >= 15 is 0 Å². The molecule has 1 unspecified atom stereocenters. The van der Waals surface area contributed by atoms with Gasteiger partial charge in [-0.05, 0) is 38.0 Å². The van der Waals surface area contributed by atoms with Crippen molar-refractivity contribution in [2.45, 2.75) is 37.8 Å². The van der Waals surface area contributed by atoms with Gasteiger partial charge in [-0.2, -0.15) is 9.97 Å².